The fourth-order valence-electron chi connectivity index (χ4n) is 2.44. The lowest BCUT2D eigenvalue weighted by atomic mass is 10.2. The van der Waals surface area contributed by atoms with Gasteiger partial charge in [0.25, 0.3) is 0 Å². The summed E-state index contributed by atoms with van der Waals surface area (Å²) in [6, 6.07) is 5.93. The minimum absolute atomic E-state index is 0.0629. The standard InChI is InChI=1S/C16H20N4O2S/c1-10(2)16-19-12-4-3-11(7-13(12)23-16)18-8-15(22)20-6-5-17-14(21)9-20/h3-4,7,10,18H,5-6,8-9H2,1-2H3,(H,17,21). The van der Waals surface area contributed by atoms with Gasteiger partial charge in [0.05, 0.1) is 28.3 Å². The highest BCUT2D eigenvalue weighted by atomic mass is 32.1. The van der Waals surface area contributed by atoms with Crippen molar-refractivity contribution >= 4 is 39.1 Å². The Morgan fingerprint density at radius 1 is 1.48 bits per heavy atom. The molecule has 0 aliphatic carbocycles. The number of amides is 2. The van der Waals surface area contributed by atoms with E-state index in [2.05, 4.69) is 29.5 Å². The second kappa shape index (κ2) is 6.54. The number of rotatable bonds is 4. The van der Waals surface area contributed by atoms with Gasteiger partial charge in [0, 0.05) is 24.7 Å². The molecule has 1 aliphatic heterocycles. The molecule has 2 amide bonds. The molecular weight excluding hydrogens is 312 g/mol. The SMILES string of the molecule is CC(C)c1nc2ccc(NCC(=O)N3CCNC(=O)C3)cc2s1. The number of thiazole rings is 1. The lowest BCUT2D eigenvalue weighted by molar-refractivity contribution is -0.136. The first-order valence-electron chi connectivity index (χ1n) is 7.72. The molecular formula is C16H20N4O2S. The quantitative estimate of drug-likeness (QED) is 0.895. The third kappa shape index (κ3) is 3.61. The summed E-state index contributed by atoms with van der Waals surface area (Å²) >= 11 is 1.68. The lowest BCUT2D eigenvalue weighted by Crippen LogP contribution is -2.51. The van der Waals surface area contributed by atoms with Crippen LogP contribution in [0.5, 0.6) is 0 Å². The van der Waals surface area contributed by atoms with Crippen LogP contribution in [0.1, 0.15) is 24.8 Å². The van der Waals surface area contributed by atoms with E-state index in [0.717, 1.165) is 20.9 Å². The Morgan fingerprint density at radius 2 is 2.30 bits per heavy atom. The van der Waals surface area contributed by atoms with Gasteiger partial charge in [0.2, 0.25) is 11.8 Å². The maximum Gasteiger partial charge on any atom is 0.242 e. The highest BCUT2D eigenvalue weighted by Crippen LogP contribution is 2.29. The molecule has 0 unspecified atom stereocenters. The van der Waals surface area contributed by atoms with Crippen LogP contribution in [0.15, 0.2) is 18.2 Å². The second-order valence-corrected chi connectivity index (χ2v) is 6.97. The highest BCUT2D eigenvalue weighted by molar-refractivity contribution is 7.18. The highest BCUT2D eigenvalue weighted by Gasteiger charge is 2.20. The van der Waals surface area contributed by atoms with Crippen LogP contribution in [0.3, 0.4) is 0 Å². The fraction of sp³-hybridized carbons (Fsp3) is 0.438. The number of nitrogens with zero attached hydrogens (tertiary/aromatic N) is 2. The molecule has 1 aromatic carbocycles. The van der Waals surface area contributed by atoms with Crippen LogP contribution >= 0.6 is 11.3 Å². The predicted molar refractivity (Wildman–Crippen MR) is 91.8 cm³/mol. The summed E-state index contributed by atoms with van der Waals surface area (Å²) in [4.78, 5) is 29.7. The predicted octanol–water partition coefficient (Wildman–Crippen LogP) is 1.79. The monoisotopic (exact) mass is 332 g/mol. The van der Waals surface area contributed by atoms with Gasteiger partial charge in [-0.2, -0.15) is 0 Å². The Hall–Kier alpha value is -2.15. The zero-order valence-electron chi connectivity index (χ0n) is 13.3. The Morgan fingerprint density at radius 3 is 3.04 bits per heavy atom. The number of aromatic nitrogens is 1. The van der Waals surface area contributed by atoms with Gasteiger partial charge in [-0.3, -0.25) is 9.59 Å². The van der Waals surface area contributed by atoms with Crippen LogP contribution in [0.4, 0.5) is 5.69 Å². The molecule has 0 spiro atoms. The van der Waals surface area contributed by atoms with E-state index in [4.69, 9.17) is 0 Å². The number of carbonyl (C=O) groups excluding carboxylic acids is 2. The molecule has 23 heavy (non-hydrogen) atoms. The molecule has 0 saturated carbocycles. The van der Waals surface area contributed by atoms with E-state index in [1.54, 1.807) is 16.2 Å². The minimum atomic E-state index is -0.100. The van der Waals surface area contributed by atoms with Crippen molar-refractivity contribution in [2.45, 2.75) is 19.8 Å². The number of hydrogen-bond donors (Lipinski definition) is 2. The lowest BCUT2D eigenvalue weighted by Gasteiger charge is -2.26. The third-order valence-corrected chi connectivity index (χ3v) is 5.05. The maximum atomic E-state index is 12.1. The van der Waals surface area contributed by atoms with Gasteiger partial charge in [-0.05, 0) is 18.2 Å². The van der Waals surface area contributed by atoms with Crippen LogP contribution in [0.25, 0.3) is 10.2 Å². The molecule has 7 heteroatoms. The second-order valence-electron chi connectivity index (χ2n) is 5.91. The zero-order chi connectivity index (χ0) is 16.4. The van der Waals surface area contributed by atoms with E-state index >= 15 is 0 Å². The first kappa shape index (κ1) is 15.7. The molecule has 122 valence electrons. The van der Waals surface area contributed by atoms with E-state index in [0.29, 0.717) is 19.0 Å². The van der Waals surface area contributed by atoms with Crippen LogP contribution in [-0.2, 0) is 9.59 Å². The van der Waals surface area contributed by atoms with Gasteiger partial charge in [0.15, 0.2) is 0 Å². The fourth-order valence-corrected chi connectivity index (χ4v) is 3.45. The van der Waals surface area contributed by atoms with Crippen molar-refractivity contribution in [1.82, 2.24) is 15.2 Å². The maximum absolute atomic E-state index is 12.1. The molecule has 0 radical (unpaired) electrons. The first-order chi connectivity index (χ1) is 11.0. The molecule has 3 rings (SSSR count). The number of fused-ring (bicyclic) bond motifs is 1. The normalized spacial score (nSPS) is 15.1. The van der Waals surface area contributed by atoms with Gasteiger partial charge in [-0.1, -0.05) is 13.8 Å². The number of piperazine rings is 1. The average Bonchev–Trinajstić information content (AvgIpc) is 2.96. The summed E-state index contributed by atoms with van der Waals surface area (Å²) < 4.78 is 1.11. The van der Waals surface area contributed by atoms with Crippen molar-refractivity contribution in [3.8, 4) is 0 Å². The van der Waals surface area contributed by atoms with Gasteiger partial charge in [-0.15, -0.1) is 11.3 Å². The molecule has 1 aliphatic rings. The van der Waals surface area contributed by atoms with Gasteiger partial charge < -0.3 is 15.5 Å². The largest absolute Gasteiger partial charge is 0.376 e. The van der Waals surface area contributed by atoms with Gasteiger partial charge in [0.1, 0.15) is 0 Å². The van der Waals surface area contributed by atoms with E-state index in [9.17, 15) is 9.59 Å². The molecule has 2 aromatic rings. The third-order valence-electron chi connectivity index (χ3n) is 3.73. The first-order valence-corrected chi connectivity index (χ1v) is 8.53. The summed E-state index contributed by atoms with van der Waals surface area (Å²) in [6.45, 7) is 5.68. The van der Waals surface area contributed by atoms with Crippen LogP contribution in [-0.4, -0.2) is 47.9 Å². The van der Waals surface area contributed by atoms with Crippen molar-refractivity contribution in [3.05, 3.63) is 23.2 Å². The Labute approximate surface area is 138 Å². The number of carbonyl (C=O) groups is 2. The number of nitrogens with one attached hydrogen (secondary N) is 2. The van der Waals surface area contributed by atoms with E-state index in [-0.39, 0.29) is 24.9 Å². The molecule has 2 heterocycles. The van der Waals surface area contributed by atoms with Crippen molar-refractivity contribution < 1.29 is 9.59 Å². The van der Waals surface area contributed by atoms with Crippen LogP contribution in [0, 0.1) is 0 Å². The van der Waals surface area contributed by atoms with Gasteiger partial charge >= 0.3 is 0 Å². The summed E-state index contributed by atoms with van der Waals surface area (Å²) in [6.07, 6.45) is 0. The van der Waals surface area contributed by atoms with Gasteiger partial charge in [-0.25, -0.2) is 4.98 Å². The average molecular weight is 332 g/mol. The molecule has 0 atom stereocenters. The summed E-state index contributed by atoms with van der Waals surface area (Å²) in [5.74, 6) is 0.250. The zero-order valence-corrected chi connectivity index (χ0v) is 14.1. The number of hydrogen-bond acceptors (Lipinski definition) is 5. The van der Waals surface area contributed by atoms with Crippen molar-refractivity contribution in [2.24, 2.45) is 0 Å². The summed E-state index contributed by atoms with van der Waals surface area (Å²) in [5.41, 5.74) is 1.88. The molecule has 6 nitrogen and oxygen atoms in total. The van der Waals surface area contributed by atoms with E-state index < -0.39 is 0 Å². The van der Waals surface area contributed by atoms with Crippen LogP contribution < -0.4 is 10.6 Å². The van der Waals surface area contributed by atoms with Crippen molar-refractivity contribution in [2.75, 3.05) is 31.5 Å². The van der Waals surface area contributed by atoms with E-state index in [1.807, 2.05) is 18.2 Å². The Bertz CT molecular complexity index is 741. The molecule has 1 saturated heterocycles. The summed E-state index contributed by atoms with van der Waals surface area (Å²) in [7, 11) is 0. The molecule has 0 bridgehead atoms. The van der Waals surface area contributed by atoms with Crippen molar-refractivity contribution in [1.29, 1.82) is 0 Å². The smallest absolute Gasteiger partial charge is 0.242 e. The Balaban J connectivity index is 1.64. The topological polar surface area (TPSA) is 74.3 Å². The summed E-state index contributed by atoms with van der Waals surface area (Å²) in [5, 5.41) is 6.97. The molecule has 2 N–H and O–H groups in total. The van der Waals surface area contributed by atoms with E-state index in [1.165, 1.54) is 0 Å². The molecule has 1 fully saturated rings. The van der Waals surface area contributed by atoms with Crippen molar-refractivity contribution in [3.63, 3.8) is 0 Å². The minimum Gasteiger partial charge on any atom is -0.376 e. The molecule has 1 aromatic heterocycles. The van der Waals surface area contributed by atoms with Crippen LogP contribution in [0.2, 0.25) is 0 Å². The Kier molecular flexibility index (Phi) is 4.47. The number of anilines is 1. The number of benzene rings is 1.